The molecule has 0 atom stereocenters. The molecule has 128 valence electrons. The molecule has 6 heteroatoms. The maximum Gasteiger partial charge on any atom is 0.259 e. The van der Waals surface area contributed by atoms with Crippen molar-refractivity contribution in [2.45, 2.75) is 0 Å². The minimum atomic E-state index is -0.409. The van der Waals surface area contributed by atoms with Crippen molar-refractivity contribution >= 4 is 22.7 Å². The van der Waals surface area contributed by atoms with Crippen LogP contribution in [0, 0.1) is 0 Å². The molecule has 0 fully saturated rings. The quantitative estimate of drug-likeness (QED) is 0.746. The van der Waals surface area contributed by atoms with Crippen molar-refractivity contribution in [3.63, 3.8) is 0 Å². The first kappa shape index (κ1) is 15.3. The van der Waals surface area contributed by atoms with E-state index >= 15 is 0 Å². The number of methoxy groups -OCH3 is 2. The molecule has 3 aromatic rings. The third-order valence-electron chi connectivity index (χ3n) is 4.57. The van der Waals surface area contributed by atoms with Crippen LogP contribution in [0.15, 0.2) is 36.5 Å². The zero-order chi connectivity index (χ0) is 17.7. The number of aryl methyl sites for hydroxylation is 1. The van der Waals surface area contributed by atoms with Crippen molar-refractivity contribution in [2.24, 2.45) is 7.05 Å². The number of nitrogens with zero attached hydrogens (tertiary/aromatic N) is 1. The molecule has 0 unspecified atom stereocenters. The molecular weight excluding hydrogens is 320 g/mol. The largest absolute Gasteiger partial charge is 0.496 e. The second-order valence-electron chi connectivity index (χ2n) is 5.85. The Morgan fingerprint density at radius 3 is 2.24 bits per heavy atom. The highest BCUT2D eigenvalue weighted by molar-refractivity contribution is 6.29. The first-order valence-corrected chi connectivity index (χ1v) is 7.76. The molecule has 2 aromatic carbocycles. The van der Waals surface area contributed by atoms with Gasteiger partial charge in [0, 0.05) is 31.1 Å². The van der Waals surface area contributed by atoms with Crippen LogP contribution in [0.25, 0.3) is 22.0 Å². The fourth-order valence-corrected chi connectivity index (χ4v) is 3.42. The Kier molecular flexibility index (Phi) is 3.28. The normalized spacial score (nSPS) is 13.1. The Balaban J connectivity index is 0.00000196. The zero-order valence-corrected chi connectivity index (χ0v) is 14.0. The maximum atomic E-state index is 12.5. The van der Waals surface area contributed by atoms with Crippen LogP contribution >= 0.6 is 0 Å². The number of aromatic nitrogens is 1. The molecule has 2 amide bonds. The van der Waals surface area contributed by atoms with E-state index in [1.54, 1.807) is 26.4 Å². The molecule has 1 aliphatic rings. The van der Waals surface area contributed by atoms with Crippen LogP contribution in [0.3, 0.4) is 0 Å². The van der Waals surface area contributed by atoms with Crippen LogP contribution < -0.4 is 14.8 Å². The Labute approximate surface area is 145 Å². The van der Waals surface area contributed by atoms with Crippen molar-refractivity contribution in [3.05, 3.63) is 47.7 Å². The summed E-state index contributed by atoms with van der Waals surface area (Å²) in [5.41, 5.74) is 2.86. The van der Waals surface area contributed by atoms with E-state index in [4.69, 9.17) is 9.47 Å². The molecule has 2 heterocycles. The Morgan fingerprint density at radius 2 is 1.60 bits per heavy atom. The van der Waals surface area contributed by atoms with Crippen LogP contribution in [0.2, 0.25) is 0 Å². The predicted octanol–water partition coefficient (Wildman–Crippen LogP) is 2.99. The number of benzene rings is 2. The van der Waals surface area contributed by atoms with Crippen LogP contribution in [0.5, 0.6) is 11.5 Å². The molecule has 1 aromatic heterocycles. The molecule has 4 rings (SSSR count). The van der Waals surface area contributed by atoms with Gasteiger partial charge in [-0.2, -0.15) is 0 Å². The van der Waals surface area contributed by atoms with Gasteiger partial charge >= 0.3 is 0 Å². The summed E-state index contributed by atoms with van der Waals surface area (Å²) in [5, 5.41) is 3.15. The number of imide groups is 1. The first-order chi connectivity index (χ1) is 12.1. The average Bonchev–Trinajstić information content (AvgIpc) is 3.13. The van der Waals surface area contributed by atoms with Crippen LogP contribution in [-0.2, 0) is 7.05 Å². The standard InChI is InChI=1S/C19H16N2O4.H2/c1-21-8-7-10-12(21)9-11(17-16(10)18(22)20-19(17)23)15-13(24-2)5-4-6-14(15)25-3;/h4-9H,1-3H3,(H,20,22,23);1H. The number of rotatable bonds is 3. The highest BCUT2D eigenvalue weighted by Crippen LogP contribution is 2.43. The SMILES string of the molecule is COc1cccc(OC)c1-c1cc2c(ccn2C)c2c1C(=O)NC2=O.[HH]. The fraction of sp³-hybridized carbons (Fsp3) is 0.158. The number of hydrogen-bond acceptors (Lipinski definition) is 4. The van der Waals surface area contributed by atoms with Gasteiger partial charge in [0.05, 0.1) is 30.9 Å². The highest BCUT2D eigenvalue weighted by Gasteiger charge is 2.34. The lowest BCUT2D eigenvalue weighted by Gasteiger charge is -2.16. The third-order valence-corrected chi connectivity index (χ3v) is 4.57. The predicted molar refractivity (Wildman–Crippen MR) is 95.4 cm³/mol. The highest BCUT2D eigenvalue weighted by atomic mass is 16.5. The minimum Gasteiger partial charge on any atom is -0.496 e. The van der Waals surface area contributed by atoms with Gasteiger partial charge in [-0.15, -0.1) is 0 Å². The summed E-state index contributed by atoms with van der Waals surface area (Å²) in [5.74, 6) is 0.352. The number of carbonyl (C=O) groups excluding carboxylic acids is 2. The van der Waals surface area contributed by atoms with E-state index in [1.807, 2.05) is 36.0 Å². The fourth-order valence-electron chi connectivity index (χ4n) is 3.42. The minimum absolute atomic E-state index is 0. The van der Waals surface area contributed by atoms with E-state index in [-0.39, 0.29) is 7.33 Å². The zero-order valence-electron chi connectivity index (χ0n) is 14.0. The number of ether oxygens (including phenoxy) is 2. The molecule has 0 aliphatic carbocycles. The molecule has 25 heavy (non-hydrogen) atoms. The molecule has 0 bridgehead atoms. The van der Waals surface area contributed by atoms with Gasteiger partial charge in [-0.3, -0.25) is 14.9 Å². The summed E-state index contributed by atoms with van der Waals surface area (Å²) in [7, 11) is 5.02. The average molecular weight is 338 g/mol. The van der Waals surface area contributed by atoms with E-state index in [0.29, 0.717) is 33.8 Å². The molecule has 0 spiro atoms. The smallest absolute Gasteiger partial charge is 0.259 e. The summed E-state index contributed by atoms with van der Waals surface area (Å²) in [6.45, 7) is 0. The van der Waals surface area contributed by atoms with Gasteiger partial charge in [-0.1, -0.05) is 6.07 Å². The van der Waals surface area contributed by atoms with Crippen molar-refractivity contribution in [1.29, 1.82) is 0 Å². The van der Waals surface area contributed by atoms with Crippen LogP contribution in [-0.4, -0.2) is 30.6 Å². The van der Waals surface area contributed by atoms with Crippen molar-refractivity contribution in [3.8, 4) is 22.6 Å². The molecule has 6 nitrogen and oxygen atoms in total. The molecular formula is C19H18N2O4. The van der Waals surface area contributed by atoms with Gasteiger partial charge in [-0.25, -0.2) is 0 Å². The van der Waals surface area contributed by atoms with E-state index in [0.717, 1.165) is 10.9 Å². The monoisotopic (exact) mass is 338 g/mol. The topological polar surface area (TPSA) is 69.6 Å². The van der Waals surface area contributed by atoms with E-state index in [1.165, 1.54) is 0 Å². The molecule has 0 radical (unpaired) electrons. The van der Waals surface area contributed by atoms with Crippen molar-refractivity contribution < 1.29 is 20.5 Å². The van der Waals surface area contributed by atoms with E-state index < -0.39 is 5.91 Å². The van der Waals surface area contributed by atoms with E-state index in [2.05, 4.69) is 5.32 Å². The van der Waals surface area contributed by atoms with Gasteiger partial charge in [0.25, 0.3) is 11.8 Å². The third kappa shape index (κ3) is 2.04. The summed E-state index contributed by atoms with van der Waals surface area (Å²) in [6, 6.07) is 9.15. The van der Waals surface area contributed by atoms with Gasteiger partial charge in [-0.05, 0) is 24.3 Å². The summed E-state index contributed by atoms with van der Waals surface area (Å²) < 4.78 is 12.9. The molecule has 0 saturated heterocycles. The molecule has 1 aliphatic heterocycles. The molecule has 0 saturated carbocycles. The maximum absolute atomic E-state index is 12.5. The lowest BCUT2D eigenvalue weighted by atomic mass is 9.92. The van der Waals surface area contributed by atoms with Crippen molar-refractivity contribution in [1.82, 2.24) is 9.88 Å². The summed E-state index contributed by atoms with van der Waals surface area (Å²) in [6.07, 6.45) is 1.87. The number of carbonyl (C=O) groups is 2. The number of fused-ring (bicyclic) bond motifs is 3. The Bertz CT molecular complexity index is 1030. The summed E-state index contributed by atoms with van der Waals surface area (Å²) in [4.78, 5) is 24.9. The second-order valence-corrected chi connectivity index (χ2v) is 5.85. The first-order valence-electron chi connectivity index (χ1n) is 7.76. The van der Waals surface area contributed by atoms with Gasteiger partial charge in [0.15, 0.2) is 0 Å². The second kappa shape index (κ2) is 5.37. The Morgan fingerprint density at radius 1 is 0.960 bits per heavy atom. The van der Waals surface area contributed by atoms with Gasteiger partial charge in [0.2, 0.25) is 0 Å². The molecule has 1 N–H and O–H groups in total. The lowest BCUT2D eigenvalue weighted by Crippen LogP contribution is -2.20. The van der Waals surface area contributed by atoms with Crippen LogP contribution in [0.1, 0.15) is 22.1 Å². The summed E-state index contributed by atoms with van der Waals surface area (Å²) >= 11 is 0. The van der Waals surface area contributed by atoms with Crippen molar-refractivity contribution in [2.75, 3.05) is 14.2 Å². The van der Waals surface area contributed by atoms with Gasteiger partial charge < -0.3 is 14.0 Å². The lowest BCUT2D eigenvalue weighted by molar-refractivity contribution is 0.0880. The number of hydrogen-bond donors (Lipinski definition) is 1. The number of nitrogens with one attached hydrogen (secondary N) is 1. The van der Waals surface area contributed by atoms with Crippen LogP contribution in [0.4, 0.5) is 0 Å². The Hall–Kier alpha value is -3.28. The van der Waals surface area contributed by atoms with E-state index in [9.17, 15) is 9.59 Å². The van der Waals surface area contributed by atoms with Gasteiger partial charge in [0.1, 0.15) is 11.5 Å². The number of amides is 2.